The van der Waals surface area contributed by atoms with Gasteiger partial charge in [0.05, 0.1) is 0 Å². The van der Waals surface area contributed by atoms with Gasteiger partial charge in [-0.15, -0.1) is 0 Å². The van der Waals surface area contributed by atoms with Crippen molar-refractivity contribution in [1.82, 2.24) is 5.32 Å². The van der Waals surface area contributed by atoms with Gasteiger partial charge in [-0.1, -0.05) is 24.3 Å². The van der Waals surface area contributed by atoms with E-state index in [2.05, 4.69) is 41.5 Å². The van der Waals surface area contributed by atoms with E-state index in [9.17, 15) is 0 Å². The smallest absolute Gasteiger partial charge is 0.0463 e. The fraction of sp³-hybridized carbons (Fsp3) is 0.417. The molecule has 2 heteroatoms. The maximum Gasteiger partial charge on any atom is 0.0463 e. The summed E-state index contributed by atoms with van der Waals surface area (Å²) in [5, 5.41) is 3.46. The number of aliphatic imine (C=N–C) groups is 1. The average Bonchev–Trinajstić information content (AvgIpc) is 2.26. The zero-order chi connectivity index (χ0) is 9.80. The van der Waals surface area contributed by atoms with Crippen molar-refractivity contribution in [3.05, 3.63) is 35.4 Å². The monoisotopic (exact) mass is 188 g/mol. The van der Waals surface area contributed by atoms with Crippen LogP contribution in [-0.2, 0) is 13.0 Å². The molecule has 1 N–H and O–H groups in total. The van der Waals surface area contributed by atoms with E-state index in [4.69, 9.17) is 0 Å². The van der Waals surface area contributed by atoms with Gasteiger partial charge in [0.25, 0.3) is 0 Å². The maximum atomic E-state index is 4.28. The van der Waals surface area contributed by atoms with Gasteiger partial charge in [-0.2, -0.15) is 0 Å². The van der Waals surface area contributed by atoms with Crippen molar-refractivity contribution >= 4 is 6.21 Å². The Bertz CT molecular complexity index is 331. The van der Waals surface area contributed by atoms with E-state index in [0.29, 0.717) is 6.04 Å². The molecule has 1 heterocycles. The number of hydrogen-bond donors (Lipinski definition) is 1. The summed E-state index contributed by atoms with van der Waals surface area (Å²) >= 11 is 0. The Morgan fingerprint density at radius 2 is 2.21 bits per heavy atom. The molecule has 1 unspecified atom stereocenters. The van der Waals surface area contributed by atoms with Gasteiger partial charge in [0.1, 0.15) is 0 Å². The summed E-state index contributed by atoms with van der Waals surface area (Å²) in [5.74, 6) is 0. The van der Waals surface area contributed by atoms with Crippen LogP contribution < -0.4 is 5.32 Å². The SMILES string of the molecule is CCN=CC1Cc2ccccc2CN1. The van der Waals surface area contributed by atoms with Crippen LogP contribution in [0.5, 0.6) is 0 Å². The number of fused-ring (bicyclic) bond motifs is 1. The molecule has 2 rings (SSSR count). The zero-order valence-corrected chi connectivity index (χ0v) is 8.53. The first-order valence-corrected chi connectivity index (χ1v) is 5.20. The highest BCUT2D eigenvalue weighted by Crippen LogP contribution is 2.15. The minimum absolute atomic E-state index is 0.421. The second kappa shape index (κ2) is 4.38. The van der Waals surface area contributed by atoms with Crippen LogP contribution in [0.4, 0.5) is 0 Å². The summed E-state index contributed by atoms with van der Waals surface area (Å²) in [6.07, 6.45) is 3.11. The van der Waals surface area contributed by atoms with Gasteiger partial charge in [0, 0.05) is 25.3 Å². The van der Waals surface area contributed by atoms with Crippen molar-refractivity contribution < 1.29 is 0 Å². The zero-order valence-electron chi connectivity index (χ0n) is 8.53. The number of hydrogen-bond acceptors (Lipinski definition) is 2. The molecule has 0 saturated carbocycles. The molecule has 1 aliphatic heterocycles. The van der Waals surface area contributed by atoms with Crippen molar-refractivity contribution in [1.29, 1.82) is 0 Å². The molecule has 2 nitrogen and oxygen atoms in total. The molecule has 0 aromatic heterocycles. The molecule has 74 valence electrons. The molecule has 0 radical (unpaired) electrons. The van der Waals surface area contributed by atoms with Crippen LogP contribution in [0.15, 0.2) is 29.3 Å². The summed E-state index contributed by atoms with van der Waals surface area (Å²) < 4.78 is 0. The molecule has 14 heavy (non-hydrogen) atoms. The second-order valence-corrected chi connectivity index (χ2v) is 3.61. The molecule has 0 amide bonds. The number of nitrogens with zero attached hydrogens (tertiary/aromatic N) is 1. The van der Waals surface area contributed by atoms with Crippen molar-refractivity contribution in [3.8, 4) is 0 Å². The van der Waals surface area contributed by atoms with Crippen molar-refractivity contribution in [3.63, 3.8) is 0 Å². The Hall–Kier alpha value is -1.15. The van der Waals surface area contributed by atoms with E-state index in [1.807, 2.05) is 6.21 Å². The molecule has 0 aliphatic carbocycles. The van der Waals surface area contributed by atoms with Crippen LogP contribution >= 0.6 is 0 Å². The highest BCUT2D eigenvalue weighted by Gasteiger charge is 2.14. The molecule has 1 aromatic rings. The first-order valence-electron chi connectivity index (χ1n) is 5.20. The van der Waals surface area contributed by atoms with Crippen molar-refractivity contribution in [2.45, 2.75) is 25.9 Å². The first kappa shape index (κ1) is 9.41. The van der Waals surface area contributed by atoms with Gasteiger partial charge in [0.15, 0.2) is 0 Å². The normalized spacial score (nSPS) is 21.1. The van der Waals surface area contributed by atoms with Gasteiger partial charge in [-0.25, -0.2) is 0 Å². The lowest BCUT2D eigenvalue weighted by Gasteiger charge is -2.23. The molecule has 0 bridgehead atoms. The van der Waals surface area contributed by atoms with Gasteiger partial charge in [0.2, 0.25) is 0 Å². The Labute approximate surface area is 85.1 Å². The second-order valence-electron chi connectivity index (χ2n) is 3.61. The minimum atomic E-state index is 0.421. The highest BCUT2D eigenvalue weighted by atomic mass is 14.9. The molecular weight excluding hydrogens is 172 g/mol. The summed E-state index contributed by atoms with van der Waals surface area (Å²) in [5.41, 5.74) is 2.88. The summed E-state index contributed by atoms with van der Waals surface area (Å²) in [6, 6.07) is 9.03. The summed E-state index contributed by atoms with van der Waals surface area (Å²) in [7, 11) is 0. The quantitative estimate of drug-likeness (QED) is 0.703. The lowest BCUT2D eigenvalue weighted by Crippen LogP contribution is -2.36. The fourth-order valence-electron chi connectivity index (χ4n) is 1.82. The van der Waals surface area contributed by atoms with Crippen LogP contribution in [0.2, 0.25) is 0 Å². The van der Waals surface area contributed by atoms with E-state index in [0.717, 1.165) is 19.5 Å². The molecule has 0 saturated heterocycles. The summed E-state index contributed by atoms with van der Waals surface area (Å²) in [4.78, 5) is 4.28. The Morgan fingerprint density at radius 3 is 3.00 bits per heavy atom. The maximum absolute atomic E-state index is 4.28. The van der Waals surface area contributed by atoms with E-state index in [1.165, 1.54) is 11.1 Å². The fourth-order valence-corrected chi connectivity index (χ4v) is 1.82. The third kappa shape index (κ3) is 2.02. The van der Waals surface area contributed by atoms with Gasteiger partial charge < -0.3 is 5.32 Å². The van der Waals surface area contributed by atoms with Gasteiger partial charge in [-0.05, 0) is 24.5 Å². The topological polar surface area (TPSA) is 24.4 Å². The Kier molecular flexibility index (Phi) is 2.94. The third-order valence-electron chi connectivity index (χ3n) is 2.58. The van der Waals surface area contributed by atoms with Gasteiger partial charge in [-0.3, -0.25) is 4.99 Å². The Morgan fingerprint density at radius 1 is 1.43 bits per heavy atom. The number of nitrogens with one attached hydrogen (secondary N) is 1. The van der Waals surface area contributed by atoms with Crippen LogP contribution in [0, 0.1) is 0 Å². The molecule has 1 aromatic carbocycles. The highest BCUT2D eigenvalue weighted by molar-refractivity contribution is 5.65. The minimum Gasteiger partial charge on any atom is -0.305 e. The van der Waals surface area contributed by atoms with Crippen LogP contribution in [0.3, 0.4) is 0 Å². The lowest BCUT2D eigenvalue weighted by atomic mass is 9.96. The standard InChI is InChI=1S/C12H16N2/c1-2-13-9-12-7-10-5-3-4-6-11(10)8-14-12/h3-6,9,12,14H,2,7-8H2,1H3. The van der Waals surface area contributed by atoms with Crippen LogP contribution in [-0.4, -0.2) is 18.8 Å². The van der Waals surface area contributed by atoms with Crippen molar-refractivity contribution in [2.24, 2.45) is 4.99 Å². The number of rotatable bonds is 2. The lowest BCUT2D eigenvalue weighted by molar-refractivity contribution is 0.583. The summed E-state index contributed by atoms with van der Waals surface area (Å²) in [6.45, 7) is 3.91. The van der Waals surface area contributed by atoms with E-state index in [1.54, 1.807) is 0 Å². The average molecular weight is 188 g/mol. The first-order chi connectivity index (χ1) is 6.90. The molecule has 1 aliphatic rings. The van der Waals surface area contributed by atoms with E-state index in [-0.39, 0.29) is 0 Å². The third-order valence-corrected chi connectivity index (χ3v) is 2.58. The molecule has 0 fully saturated rings. The van der Waals surface area contributed by atoms with Gasteiger partial charge >= 0.3 is 0 Å². The molecule has 0 spiro atoms. The molecular formula is C12H16N2. The predicted octanol–water partition coefficient (Wildman–Crippen LogP) is 1.79. The predicted molar refractivity (Wildman–Crippen MR) is 59.8 cm³/mol. The van der Waals surface area contributed by atoms with Crippen molar-refractivity contribution in [2.75, 3.05) is 6.54 Å². The van der Waals surface area contributed by atoms with E-state index < -0.39 is 0 Å². The largest absolute Gasteiger partial charge is 0.305 e. The Balaban J connectivity index is 2.09. The van der Waals surface area contributed by atoms with Crippen LogP contribution in [0.1, 0.15) is 18.1 Å². The molecule has 1 atom stereocenters. The number of benzene rings is 1. The van der Waals surface area contributed by atoms with E-state index >= 15 is 0 Å². The van der Waals surface area contributed by atoms with Crippen LogP contribution in [0.25, 0.3) is 0 Å².